The molecule has 7 heteroatoms. The SMILES string of the molecule is COc1ccc(N(Cc2cscn2)c2cccc(C(=O)O)c2)cc1OC1CCCC1. The number of methoxy groups -OCH3 is 1. The summed E-state index contributed by atoms with van der Waals surface area (Å²) in [5.74, 6) is 0.448. The molecule has 0 spiro atoms. The zero-order chi connectivity index (χ0) is 20.9. The van der Waals surface area contributed by atoms with E-state index in [1.165, 1.54) is 24.2 Å². The molecule has 0 atom stereocenters. The van der Waals surface area contributed by atoms with Gasteiger partial charge in [-0.05, 0) is 56.0 Å². The van der Waals surface area contributed by atoms with Crippen LogP contribution in [0.5, 0.6) is 11.5 Å². The summed E-state index contributed by atoms with van der Waals surface area (Å²) in [5.41, 5.74) is 4.62. The highest BCUT2D eigenvalue weighted by Gasteiger charge is 2.20. The van der Waals surface area contributed by atoms with Gasteiger partial charge in [0.2, 0.25) is 0 Å². The molecule has 0 saturated heterocycles. The van der Waals surface area contributed by atoms with Crippen LogP contribution >= 0.6 is 11.3 Å². The minimum atomic E-state index is -0.953. The van der Waals surface area contributed by atoms with Gasteiger partial charge in [0, 0.05) is 22.8 Å². The Morgan fingerprint density at radius 1 is 1.17 bits per heavy atom. The van der Waals surface area contributed by atoms with Gasteiger partial charge in [-0.3, -0.25) is 0 Å². The summed E-state index contributed by atoms with van der Waals surface area (Å²) in [6.07, 6.45) is 4.68. The van der Waals surface area contributed by atoms with Crippen LogP contribution < -0.4 is 14.4 Å². The zero-order valence-electron chi connectivity index (χ0n) is 16.8. The van der Waals surface area contributed by atoms with Crippen molar-refractivity contribution in [2.45, 2.75) is 38.3 Å². The number of aromatic carboxylic acids is 1. The number of ether oxygens (including phenoxy) is 2. The molecular weight excluding hydrogens is 400 g/mol. The molecule has 0 unspecified atom stereocenters. The monoisotopic (exact) mass is 424 g/mol. The van der Waals surface area contributed by atoms with Crippen molar-refractivity contribution in [2.75, 3.05) is 12.0 Å². The second kappa shape index (κ2) is 9.17. The lowest BCUT2D eigenvalue weighted by atomic mass is 10.1. The molecular formula is C23H24N2O4S. The fourth-order valence-corrected chi connectivity index (χ4v) is 4.28. The Balaban J connectivity index is 1.72. The Morgan fingerprint density at radius 2 is 1.97 bits per heavy atom. The molecule has 156 valence electrons. The Bertz CT molecular complexity index is 1000. The molecule has 1 aromatic heterocycles. The molecule has 0 radical (unpaired) electrons. The van der Waals surface area contributed by atoms with Crippen molar-refractivity contribution < 1.29 is 19.4 Å². The van der Waals surface area contributed by atoms with Crippen LogP contribution in [0.3, 0.4) is 0 Å². The van der Waals surface area contributed by atoms with Gasteiger partial charge in [0.05, 0.1) is 36.5 Å². The van der Waals surface area contributed by atoms with Gasteiger partial charge in [0.1, 0.15) is 0 Å². The maximum atomic E-state index is 11.5. The number of rotatable bonds is 8. The number of aromatic nitrogens is 1. The molecule has 1 fully saturated rings. The van der Waals surface area contributed by atoms with E-state index in [4.69, 9.17) is 9.47 Å². The van der Waals surface area contributed by atoms with E-state index in [2.05, 4.69) is 4.98 Å². The number of hydrogen-bond acceptors (Lipinski definition) is 6. The summed E-state index contributed by atoms with van der Waals surface area (Å²) in [6, 6.07) is 12.8. The van der Waals surface area contributed by atoms with Crippen molar-refractivity contribution in [3.8, 4) is 11.5 Å². The summed E-state index contributed by atoms with van der Waals surface area (Å²) in [4.78, 5) is 17.9. The first-order valence-electron chi connectivity index (χ1n) is 9.96. The van der Waals surface area contributed by atoms with Crippen molar-refractivity contribution >= 4 is 28.7 Å². The molecule has 1 N–H and O–H groups in total. The first kappa shape index (κ1) is 20.2. The predicted octanol–water partition coefficient (Wildman–Crippen LogP) is 5.51. The number of anilines is 2. The van der Waals surface area contributed by atoms with Crippen LogP contribution in [0.25, 0.3) is 0 Å². The molecule has 6 nitrogen and oxygen atoms in total. The average Bonchev–Trinajstić information content (AvgIpc) is 3.46. The third-order valence-corrected chi connectivity index (χ3v) is 5.90. The lowest BCUT2D eigenvalue weighted by Crippen LogP contribution is -2.18. The first-order chi connectivity index (χ1) is 14.6. The Kier molecular flexibility index (Phi) is 6.18. The van der Waals surface area contributed by atoms with Crippen LogP contribution in [0, 0.1) is 0 Å². The van der Waals surface area contributed by atoms with E-state index in [0.717, 1.165) is 29.9 Å². The van der Waals surface area contributed by atoms with Gasteiger partial charge in [-0.25, -0.2) is 9.78 Å². The first-order valence-corrected chi connectivity index (χ1v) is 10.9. The molecule has 2 aromatic carbocycles. The summed E-state index contributed by atoms with van der Waals surface area (Å²) in [7, 11) is 1.64. The van der Waals surface area contributed by atoms with Crippen molar-refractivity contribution in [3.05, 3.63) is 64.6 Å². The van der Waals surface area contributed by atoms with Gasteiger partial charge in [-0.2, -0.15) is 0 Å². The number of benzene rings is 2. The number of thiazole rings is 1. The lowest BCUT2D eigenvalue weighted by Gasteiger charge is -2.26. The van der Waals surface area contributed by atoms with E-state index in [1.54, 1.807) is 30.8 Å². The standard InChI is InChI=1S/C23H24N2O4S/c1-28-21-10-9-19(12-22(21)29-20-7-2-3-8-20)25(13-17-14-30-15-24-17)18-6-4-5-16(11-18)23(26)27/h4-6,9-12,14-15,20H,2-3,7-8,13H2,1H3,(H,26,27). The Labute approximate surface area is 179 Å². The van der Waals surface area contributed by atoms with E-state index in [0.29, 0.717) is 18.0 Å². The lowest BCUT2D eigenvalue weighted by molar-refractivity contribution is 0.0697. The van der Waals surface area contributed by atoms with E-state index in [-0.39, 0.29) is 11.7 Å². The third kappa shape index (κ3) is 4.57. The fraction of sp³-hybridized carbons (Fsp3) is 0.304. The maximum absolute atomic E-state index is 11.5. The molecule has 0 amide bonds. The highest BCUT2D eigenvalue weighted by atomic mass is 32.1. The van der Waals surface area contributed by atoms with Gasteiger partial charge in [-0.1, -0.05) is 6.07 Å². The predicted molar refractivity (Wildman–Crippen MR) is 117 cm³/mol. The molecule has 4 rings (SSSR count). The van der Waals surface area contributed by atoms with Crippen molar-refractivity contribution in [1.82, 2.24) is 4.98 Å². The largest absolute Gasteiger partial charge is 0.493 e. The highest BCUT2D eigenvalue weighted by Crippen LogP contribution is 2.38. The summed E-state index contributed by atoms with van der Waals surface area (Å²) in [6.45, 7) is 0.516. The number of hydrogen-bond donors (Lipinski definition) is 1. The summed E-state index contributed by atoms with van der Waals surface area (Å²) in [5, 5.41) is 11.4. The van der Waals surface area contributed by atoms with Crippen molar-refractivity contribution in [2.24, 2.45) is 0 Å². The average molecular weight is 425 g/mol. The third-order valence-electron chi connectivity index (χ3n) is 5.26. The highest BCUT2D eigenvalue weighted by molar-refractivity contribution is 7.07. The number of carboxylic acid groups (broad SMARTS) is 1. The van der Waals surface area contributed by atoms with Crippen LogP contribution in [0.1, 0.15) is 41.7 Å². The Morgan fingerprint density at radius 3 is 2.67 bits per heavy atom. The molecule has 1 saturated carbocycles. The van der Waals surface area contributed by atoms with E-state index < -0.39 is 5.97 Å². The summed E-state index contributed by atoms with van der Waals surface area (Å²) >= 11 is 1.53. The van der Waals surface area contributed by atoms with Crippen LogP contribution in [0.4, 0.5) is 11.4 Å². The smallest absolute Gasteiger partial charge is 0.335 e. The number of nitrogens with zero attached hydrogens (tertiary/aromatic N) is 2. The molecule has 1 aliphatic carbocycles. The van der Waals surface area contributed by atoms with E-state index in [1.807, 2.05) is 34.5 Å². The molecule has 1 aliphatic rings. The van der Waals surface area contributed by atoms with Crippen LogP contribution in [-0.4, -0.2) is 29.3 Å². The second-order valence-electron chi connectivity index (χ2n) is 7.28. The van der Waals surface area contributed by atoms with E-state index >= 15 is 0 Å². The molecule has 3 aromatic rings. The second-order valence-corrected chi connectivity index (χ2v) is 8.00. The van der Waals surface area contributed by atoms with Gasteiger partial charge in [0.25, 0.3) is 0 Å². The normalized spacial score (nSPS) is 13.9. The van der Waals surface area contributed by atoms with Crippen LogP contribution in [-0.2, 0) is 6.54 Å². The minimum Gasteiger partial charge on any atom is -0.493 e. The fourth-order valence-electron chi connectivity index (χ4n) is 3.73. The molecule has 0 aliphatic heterocycles. The van der Waals surface area contributed by atoms with Crippen molar-refractivity contribution in [1.29, 1.82) is 0 Å². The quantitative estimate of drug-likeness (QED) is 0.514. The molecule has 1 heterocycles. The topological polar surface area (TPSA) is 71.9 Å². The molecule has 30 heavy (non-hydrogen) atoms. The molecule has 0 bridgehead atoms. The van der Waals surface area contributed by atoms with Gasteiger partial charge >= 0.3 is 5.97 Å². The van der Waals surface area contributed by atoms with Crippen LogP contribution in [0.2, 0.25) is 0 Å². The van der Waals surface area contributed by atoms with Gasteiger partial charge < -0.3 is 19.5 Å². The number of carboxylic acids is 1. The van der Waals surface area contributed by atoms with E-state index in [9.17, 15) is 9.90 Å². The number of carbonyl (C=O) groups is 1. The zero-order valence-corrected chi connectivity index (χ0v) is 17.6. The summed E-state index contributed by atoms with van der Waals surface area (Å²) < 4.78 is 11.8. The maximum Gasteiger partial charge on any atom is 0.335 e. The van der Waals surface area contributed by atoms with Gasteiger partial charge in [-0.15, -0.1) is 11.3 Å². The van der Waals surface area contributed by atoms with Gasteiger partial charge in [0.15, 0.2) is 11.5 Å². The van der Waals surface area contributed by atoms with Crippen molar-refractivity contribution in [3.63, 3.8) is 0 Å². The van der Waals surface area contributed by atoms with Crippen LogP contribution in [0.15, 0.2) is 53.4 Å². The Hall–Kier alpha value is -3.06. The minimum absolute atomic E-state index is 0.205.